The fraction of sp³-hybridized carbons (Fsp3) is 0.818. The van der Waals surface area contributed by atoms with Crippen LogP contribution in [0.25, 0.3) is 0 Å². The van der Waals surface area contributed by atoms with Crippen molar-refractivity contribution in [2.75, 3.05) is 0 Å². The van der Waals surface area contributed by atoms with Crippen LogP contribution < -0.4 is 0 Å². The minimum Gasteiger partial charge on any atom is -0.252 e. The Balaban J connectivity index is 2.23. The predicted octanol–water partition coefficient (Wildman–Crippen LogP) is 1.97. The molecule has 14 heavy (non-hydrogen) atoms. The zero-order valence-electron chi connectivity index (χ0n) is 9.32. The maximum atomic E-state index is 4.26. The smallest absolute Gasteiger partial charge is 0.0861 e. The molecular formula is C11H19N3. The predicted molar refractivity (Wildman–Crippen MR) is 56.0 cm³/mol. The van der Waals surface area contributed by atoms with Crippen LogP contribution in [-0.2, 0) is 19.9 Å². The highest BCUT2D eigenvalue weighted by Crippen LogP contribution is 2.27. The molecule has 1 unspecified atom stereocenters. The van der Waals surface area contributed by atoms with E-state index in [1.807, 2.05) is 11.7 Å². The van der Waals surface area contributed by atoms with Gasteiger partial charge in [0.25, 0.3) is 0 Å². The maximum absolute atomic E-state index is 4.26. The number of rotatable bonds is 1. The van der Waals surface area contributed by atoms with Gasteiger partial charge >= 0.3 is 0 Å². The number of aromatic nitrogens is 3. The molecule has 0 saturated heterocycles. The quantitative estimate of drug-likeness (QED) is 0.638. The van der Waals surface area contributed by atoms with Gasteiger partial charge in [-0.05, 0) is 37.5 Å². The third-order valence-electron chi connectivity index (χ3n) is 3.41. The van der Waals surface area contributed by atoms with E-state index in [4.69, 9.17) is 0 Å². The van der Waals surface area contributed by atoms with Crippen molar-refractivity contribution in [2.45, 2.75) is 39.5 Å². The summed E-state index contributed by atoms with van der Waals surface area (Å²) in [6.07, 6.45) is 4.91. The van der Waals surface area contributed by atoms with Gasteiger partial charge in [-0.15, -0.1) is 5.10 Å². The molecule has 0 N–H and O–H groups in total. The van der Waals surface area contributed by atoms with E-state index in [0.29, 0.717) is 0 Å². The lowest BCUT2D eigenvalue weighted by molar-refractivity contribution is 0.353. The lowest BCUT2D eigenvalue weighted by Gasteiger charge is -2.17. The number of hydrogen-bond acceptors (Lipinski definition) is 2. The first-order valence-corrected chi connectivity index (χ1v) is 5.56. The molecular weight excluding hydrogens is 174 g/mol. The van der Waals surface area contributed by atoms with Gasteiger partial charge in [-0.3, -0.25) is 4.68 Å². The third-order valence-corrected chi connectivity index (χ3v) is 3.41. The van der Waals surface area contributed by atoms with Gasteiger partial charge in [-0.1, -0.05) is 19.1 Å². The van der Waals surface area contributed by atoms with Gasteiger partial charge in [0.05, 0.1) is 11.4 Å². The van der Waals surface area contributed by atoms with Crippen molar-refractivity contribution in [1.82, 2.24) is 15.0 Å². The second kappa shape index (κ2) is 3.71. The first kappa shape index (κ1) is 9.69. The third kappa shape index (κ3) is 1.68. The van der Waals surface area contributed by atoms with Gasteiger partial charge in [0.2, 0.25) is 0 Å². The van der Waals surface area contributed by atoms with Crippen molar-refractivity contribution < 1.29 is 0 Å². The lowest BCUT2D eigenvalue weighted by atomic mass is 9.89. The van der Waals surface area contributed by atoms with E-state index in [1.165, 1.54) is 24.2 Å². The van der Waals surface area contributed by atoms with Gasteiger partial charge in [0.15, 0.2) is 0 Å². The molecule has 1 atom stereocenters. The van der Waals surface area contributed by atoms with Crippen molar-refractivity contribution in [3.05, 3.63) is 11.4 Å². The van der Waals surface area contributed by atoms with Crippen molar-refractivity contribution in [1.29, 1.82) is 0 Å². The van der Waals surface area contributed by atoms with E-state index in [2.05, 4.69) is 24.2 Å². The van der Waals surface area contributed by atoms with Gasteiger partial charge in [-0.2, -0.15) is 0 Å². The Morgan fingerprint density at radius 1 is 1.43 bits per heavy atom. The Morgan fingerprint density at radius 2 is 2.21 bits per heavy atom. The van der Waals surface area contributed by atoms with E-state index in [1.54, 1.807) is 0 Å². The molecule has 1 aliphatic rings. The topological polar surface area (TPSA) is 30.7 Å². The van der Waals surface area contributed by atoms with Crippen LogP contribution in [0.1, 0.15) is 38.1 Å². The van der Waals surface area contributed by atoms with E-state index in [-0.39, 0.29) is 0 Å². The Hall–Kier alpha value is -0.860. The zero-order chi connectivity index (χ0) is 10.1. The summed E-state index contributed by atoms with van der Waals surface area (Å²) in [7, 11) is 2.00. The zero-order valence-corrected chi connectivity index (χ0v) is 9.32. The van der Waals surface area contributed by atoms with Crippen LogP contribution in [0.3, 0.4) is 0 Å². The summed E-state index contributed by atoms with van der Waals surface area (Å²) < 4.78 is 1.94. The number of aryl methyl sites for hydroxylation is 1. The average Bonchev–Trinajstić information content (AvgIpc) is 2.40. The van der Waals surface area contributed by atoms with Crippen LogP contribution in [0.2, 0.25) is 0 Å². The molecule has 78 valence electrons. The fourth-order valence-corrected chi connectivity index (χ4v) is 2.34. The first-order chi connectivity index (χ1) is 6.68. The highest BCUT2D eigenvalue weighted by atomic mass is 15.4. The molecule has 0 spiro atoms. The highest BCUT2D eigenvalue weighted by Gasteiger charge is 2.22. The van der Waals surface area contributed by atoms with Crippen LogP contribution in [0.5, 0.6) is 0 Å². The number of hydrogen-bond donors (Lipinski definition) is 0. The van der Waals surface area contributed by atoms with E-state index in [0.717, 1.165) is 24.7 Å². The molecule has 3 nitrogen and oxygen atoms in total. The van der Waals surface area contributed by atoms with Gasteiger partial charge in [0.1, 0.15) is 0 Å². The molecule has 0 saturated carbocycles. The van der Waals surface area contributed by atoms with E-state index >= 15 is 0 Å². The number of nitrogens with zero attached hydrogens (tertiary/aromatic N) is 3. The highest BCUT2D eigenvalue weighted by molar-refractivity contribution is 5.12. The minimum atomic E-state index is 0.767. The van der Waals surface area contributed by atoms with Crippen LogP contribution in [0.4, 0.5) is 0 Å². The lowest BCUT2D eigenvalue weighted by Crippen LogP contribution is -2.11. The average molecular weight is 193 g/mol. The molecule has 0 amide bonds. The molecule has 1 aromatic heterocycles. The second-order valence-electron chi connectivity index (χ2n) is 4.71. The van der Waals surface area contributed by atoms with Crippen molar-refractivity contribution in [3.63, 3.8) is 0 Å². The van der Waals surface area contributed by atoms with Crippen LogP contribution in [-0.4, -0.2) is 15.0 Å². The summed E-state index contributed by atoms with van der Waals surface area (Å²) >= 11 is 0. The normalized spacial score (nSPS) is 22.1. The largest absolute Gasteiger partial charge is 0.252 e. The molecule has 0 bridgehead atoms. The molecule has 1 aliphatic carbocycles. The minimum absolute atomic E-state index is 0.767. The van der Waals surface area contributed by atoms with Gasteiger partial charge in [-0.25, -0.2) is 0 Å². The standard InChI is InChI=1S/C11H19N3/c1-8(2)9-5-4-6-11-10(7-9)12-13-14(11)3/h8-9H,4-7H2,1-3H3. The molecule has 0 radical (unpaired) electrons. The molecule has 1 aromatic rings. The van der Waals surface area contributed by atoms with Crippen LogP contribution in [0, 0.1) is 11.8 Å². The Morgan fingerprint density at radius 3 is 2.93 bits per heavy atom. The Labute approximate surface area is 85.5 Å². The van der Waals surface area contributed by atoms with E-state index in [9.17, 15) is 0 Å². The summed E-state index contributed by atoms with van der Waals surface area (Å²) in [6, 6.07) is 0. The van der Waals surface area contributed by atoms with E-state index < -0.39 is 0 Å². The molecule has 1 heterocycles. The molecule has 0 aromatic carbocycles. The number of fused-ring (bicyclic) bond motifs is 1. The summed E-state index contributed by atoms with van der Waals surface area (Å²) in [5, 5.41) is 8.36. The first-order valence-electron chi connectivity index (χ1n) is 5.56. The van der Waals surface area contributed by atoms with Crippen LogP contribution >= 0.6 is 0 Å². The Kier molecular flexibility index (Phi) is 2.57. The van der Waals surface area contributed by atoms with Crippen molar-refractivity contribution in [3.8, 4) is 0 Å². The van der Waals surface area contributed by atoms with Crippen molar-refractivity contribution >= 4 is 0 Å². The summed E-state index contributed by atoms with van der Waals surface area (Å²) in [4.78, 5) is 0. The summed E-state index contributed by atoms with van der Waals surface area (Å²) in [5.41, 5.74) is 2.59. The monoisotopic (exact) mass is 193 g/mol. The van der Waals surface area contributed by atoms with Crippen molar-refractivity contribution in [2.24, 2.45) is 18.9 Å². The molecule has 0 aliphatic heterocycles. The van der Waals surface area contributed by atoms with Gasteiger partial charge in [0, 0.05) is 7.05 Å². The fourth-order valence-electron chi connectivity index (χ4n) is 2.34. The summed E-state index contributed by atoms with van der Waals surface area (Å²) in [6.45, 7) is 4.62. The molecule has 3 heteroatoms. The maximum Gasteiger partial charge on any atom is 0.0861 e. The second-order valence-corrected chi connectivity index (χ2v) is 4.71. The molecule has 0 fully saturated rings. The SMILES string of the molecule is CC(C)C1CCCc2c(nnn2C)C1. The van der Waals surface area contributed by atoms with Gasteiger partial charge < -0.3 is 0 Å². The molecule has 2 rings (SSSR count). The van der Waals surface area contributed by atoms with Crippen LogP contribution in [0.15, 0.2) is 0 Å². The summed E-state index contributed by atoms with van der Waals surface area (Å²) in [5.74, 6) is 1.57. The Bertz CT molecular complexity index is 314.